The molecule has 296 valence electrons. The predicted molar refractivity (Wildman–Crippen MR) is 217 cm³/mol. The Bertz CT molecular complexity index is 547. The van der Waals surface area contributed by atoms with Crippen molar-refractivity contribution < 1.29 is 19.8 Å². The summed E-state index contributed by atoms with van der Waals surface area (Å²) in [7, 11) is 0. The zero-order valence-corrected chi connectivity index (χ0v) is 33.9. The molecular weight excluding hydrogens is 606 g/mol. The van der Waals surface area contributed by atoms with Gasteiger partial charge in [-0.1, -0.05) is 233 Å². The first-order valence-electron chi connectivity index (χ1n) is 22.1. The lowest BCUT2D eigenvalue weighted by atomic mass is 10.0. The summed E-state index contributed by atoms with van der Waals surface area (Å²) in [6.07, 6.45) is 48.4. The SMILES string of the molecule is CCCCCCCCCCCCCCCCC(=O)O.CCCCCCCCCCCCCCCCC(=O)O.CCCCCCCCCCN. The van der Waals surface area contributed by atoms with E-state index in [0.29, 0.717) is 12.8 Å². The third-order valence-electron chi connectivity index (χ3n) is 9.55. The predicted octanol–water partition coefficient (Wildman–Crippen LogP) is 15.0. The minimum Gasteiger partial charge on any atom is -0.481 e. The molecule has 0 aliphatic rings. The van der Waals surface area contributed by atoms with Gasteiger partial charge in [-0.25, -0.2) is 0 Å². The van der Waals surface area contributed by atoms with Crippen LogP contribution in [-0.4, -0.2) is 28.7 Å². The van der Waals surface area contributed by atoms with Crippen LogP contribution < -0.4 is 5.73 Å². The molecule has 0 radical (unpaired) electrons. The van der Waals surface area contributed by atoms with Crippen LogP contribution in [0.2, 0.25) is 0 Å². The highest BCUT2D eigenvalue weighted by Gasteiger charge is 1.98. The first-order chi connectivity index (χ1) is 24.0. The van der Waals surface area contributed by atoms with Gasteiger partial charge in [-0.05, 0) is 25.8 Å². The highest BCUT2D eigenvalue weighted by Crippen LogP contribution is 2.15. The van der Waals surface area contributed by atoms with Crippen molar-refractivity contribution in [2.24, 2.45) is 5.73 Å². The minimum absolute atomic E-state index is 0.345. The van der Waals surface area contributed by atoms with Crippen LogP contribution in [0.4, 0.5) is 0 Å². The molecular formula is C44H91NO4. The van der Waals surface area contributed by atoms with Crippen molar-refractivity contribution in [3.05, 3.63) is 0 Å². The van der Waals surface area contributed by atoms with Crippen LogP contribution in [0, 0.1) is 0 Å². The zero-order valence-electron chi connectivity index (χ0n) is 33.9. The van der Waals surface area contributed by atoms with E-state index in [1.54, 1.807) is 0 Å². The molecule has 0 aliphatic heterocycles. The fourth-order valence-corrected chi connectivity index (χ4v) is 6.22. The number of unbranched alkanes of at least 4 members (excludes halogenated alkanes) is 33. The second-order valence-electron chi connectivity index (χ2n) is 14.7. The van der Waals surface area contributed by atoms with E-state index >= 15 is 0 Å². The highest BCUT2D eigenvalue weighted by atomic mass is 16.4. The van der Waals surface area contributed by atoms with Crippen molar-refractivity contribution in [2.45, 2.75) is 265 Å². The molecule has 0 fully saturated rings. The molecule has 0 amide bonds. The molecule has 0 aromatic rings. The Balaban J connectivity index is -0.000000673. The van der Waals surface area contributed by atoms with E-state index in [0.717, 1.165) is 32.2 Å². The quantitative estimate of drug-likeness (QED) is 0.0558. The van der Waals surface area contributed by atoms with E-state index in [4.69, 9.17) is 15.9 Å². The van der Waals surface area contributed by atoms with Gasteiger partial charge in [-0.3, -0.25) is 9.59 Å². The standard InChI is InChI=1S/2C17H34O2.C10H23N/c2*1-2-3-4-5-6-7-8-9-10-11-12-13-14-15-16-17(18)19;1-2-3-4-5-6-7-8-9-10-11/h2*2-16H2,1H3,(H,18,19);2-11H2,1H3. The molecule has 0 aromatic carbocycles. The molecule has 0 rings (SSSR count). The number of aliphatic carboxylic acids is 2. The van der Waals surface area contributed by atoms with Gasteiger partial charge < -0.3 is 15.9 Å². The number of rotatable bonds is 38. The summed E-state index contributed by atoms with van der Waals surface area (Å²) < 4.78 is 0. The van der Waals surface area contributed by atoms with Crippen LogP contribution in [0.15, 0.2) is 0 Å². The summed E-state index contributed by atoms with van der Waals surface area (Å²) in [4.78, 5) is 20.6. The van der Waals surface area contributed by atoms with E-state index in [9.17, 15) is 9.59 Å². The number of hydrogen-bond donors (Lipinski definition) is 3. The van der Waals surface area contributed by atoms with E-state index in [2.05, 4.69) is 20.8 Å². The number of nitrogens with two attached hydrogens (primary N) is 1. The molecule has 0 aromatic heterocycles. The maximum Gasteiger partial charge on any atom is 0.303 e. The number of carbonyl (C=O) groups is 2. The summed E-state index contributed by atoms with van der Waals surface area (Å²) in [6, 6.07) is 0. The Morgan fingerprint density at radius 2 is 0.469 bits per heavy atom. The Hall–Kier alpha value is -1.10. The number of hydrogen-bond acceptors (Lipinski definition) is 3. The van der Waals surface area contributed by atoms with Gasteiger partial charge >= 0.3 is 11.9 Å². The lowest BCUT2D eigenvalue weighted by Gasteiger charge is -2.02. The molecule has 0 heterocycles. The molecule has 0 atom stereocenters. The van der Waals surface area contributed by atoms with Crippen molar-refractivity contribution in [3.8, 4) is 0 Å². The molecule has 0 saturated carbocycles. The second kappa shape index (κ2) is 51.3. The van der Waals surface area contributed by atoms with Gasteiger partial charge in [-0.2, -0.15) is 0 Å². The third kappa shape index (κ3) is 62.5. The van der Waals surface area contributed by atoms with E-state index in [-0.39, 0.29) is 0 Å². The lowest BCUT2D eigenvalue weighted by molar-refractivity contribution is -0.138. The van der Waals surface area contributed by atoms with Gasteiger partial charge in [-0.15, -0.1) is 0 Å². The third-order valence-corrected chi connectivity index (χ3v) is 9.55. The lowest BCUT2D eigenvalue weighted by Crippen LogP contribution is -1.97. The second-order valence-corrected chi connectivity index (χ2v) is 14.7. The fourth-order valence-electron chi connectivity index (χ4n) is 6.22. The van der Waals surface area contributed by atoms with Gasteiger partial charge in [0.1, 0.15) is 0 Å². The molecule has 0 bridgehead atoms. The largest absolute Gasteiger partial charge is 0.481 e. The van der Waals surface area contributed by atoms with E-state index < -0.39 is 11.9 Å². The molecule has 0 spiro atoms. The maximum atomic E-state index is 10.3. The van der Waals surface area contributed by atoms with Crippen molar-refractivity contribution in [3.63, 3.8) is 0 Å². The van der Waals surface area contributed by atoms with Crippen molar-refractivity contribution in [1.29, 1.82) is 0 Å². The van der Waals surface area contributed by atoms with E-state index in [1.165, 1.54) is 205 Å². The highest BCUT2D eigenvalue weighted by molar-refractivity contribution is 5.66. The van der Waals surface area contributed by atoms with Crippen molar-refractivity contribution in [1.82, 2.24) is 0 Å². The molecule has 0 saturated heterocycles. The molecule has 5 nitrogen and oxygen atoms in total. The van der Waals surface area contributed by atoms with Gasteiger partial charge in [0.25, 0.3) is 0 Å². The summed E-state index contributed by atoms with van der Waals surface area (Å²) in [6.45, 7) is 7.66. The molecule has 5 heteroatoms. The molecule has 0 unspecified atom stereocenters. The van der Waals surface area contributed by atoms with Gasteiger partial charge in [0.15, 0.2) is 0 Å². The van der Waals surface area contributed by atoms with Crippen molar-refractivity contribution in [2.75, 3.05) is 6.54 Å². The van der Waals surface area contributed by atoms with Gasteiger partial charge in [0, 0.05) is 12.8 Å². The first kappa shape index (κ1) is 52.3. The summed E-state index contributed by atoms with van der Waals surface area (Å²) in [5.74, 6) is -1.31. The maximum absolute atomic E-state index is 10.3. The topological polar surface area (TPSA) is 101 Å². The van der Waals surface area contributed by atoms with Gasteiger partial charge in [0.05, 0.1) is 0 Å². The zero-order chi connectivity index (χ0) is 36.7. The van der Waals surface area contributed by atoms with Crippen LogP contribution in [0.5, 0.6) is 0 Å². The normalized spacial score (nSPS) is 10.7. The average Bonchev–Trinajstić information content (AvgIpc) is 3.08. The summed E-state index contributed by atoms with van der Waals surface area (Å²) in [5, 5.41) is 17.0. The van der Waals surface area contributed by atoms with Crippen LogP contribution in [0.1, 0.15) is 265 Å². The number of carboxylic acid groups (broad SMARTS) is 2. The van der Waals surface area contributed by atoms with Gasteiger partial charge in [0.2, 0.25) is 0 Å². The molecule has 4 N–H and O–H groups in total. The van der Waals surface area contributed by atoms with Crippen LogP contribution >= 0.6 is 0 Å². The van der Waals surface area contributed by atoms with E-state index in [1.807, 2.05) is 0 Å². The monoisotopic (exact) mass is 698 g/mol. The summed E-state index contributed by atoms with van der Waals surface area (Å²) >= 11 is 0. The van der Waals surface area contributed by atoms with Crippen LogP contribution in [0.3, 0.4) is 0 Å². The fraction of sp³-hybridized carbons (Fsp3) is 0.955. The smallest absolute Gasteiger partial charge is 0.303 e. The Morgan fingerprint density at radius 1 is 0.306 bits per heavy atom. The summed E-state index contributed by atoms with van der Waals surface area (Å²) in [5.41, 5.74) is 5.39. The first-order valence-corrected chi connectivity index (χ1v) is 22.1. The van der Waals surface area contributed by atoms with Crippen LogP contribution in [-0.2, 0) is 9.59 Å². The Labute approximate surface area is 308 Å². The van der Waals surface area contributed by atoms with Crippen LogP contribution in [0.25, 0.3) is 0 Å². The molecule has 49 heavy (non-hydrogen) atoms. The molecule has 0 aliphatic carbocycles. The average molecular weight is 698 g/mol. The Kier molecular flexibility index (Phi) is 54.7. The minimum atomic E-state index is -0.654. The number of carboxylic acids is 2. The van der Waals surface area contributed by atoms with Crippen molar-refractivity contribution >= 4 is 11.9 Å². The Morgan fingerprint density at radius 3 is 0.633 bits per heavy atom.